The average molecular weight is 373 g/mol. The Labute approximate surface area is 155 Å². The molecule has 5 nitrogen and oxygen atoms in total. The van der Waals surface area contributed by atoms with Crippen LogP contribution >= 0.6 is 23.4 Å². The highest BCUT2D eigenvalue weighted by atomic mass is 35.5. The van der Waals surface area contributed by atoms with Crippen molar-refractivity contribution in [2.45, 2.75) is 12.1 Å². The number of para-hydroxylation sites is 1. The monoisotopic (exact) mass is 372 g/mol. The van der Waals surface area contributed by atoms with Crippen molar-refractivity contribution in [2.24, 2.45) is 7.05 Å². The fraction of sp³-hybridized carbons (Fsp3) is 0.167. The fourth-order valence-corrected chi connectivity index (χ4v) is 3.25. The van der Waals surface area contributed by atoms with Crippen LogP contribution in [0, 0.1) is 6.92 Å². The van der Waals surface area contributed by atoms with Gasteiger partial charge in [0.2, 0.25) is 5.91 Å². The summed E-state index contributed by atoms with van der Waals surface area (Å²) in [6.45, 7) is 2.04. The second-order valence-electron chi connectivity index (χ2n) is 5.55. The first-order valence-electron chi connectivity index (χ1n) is 7.68. The molecule has 128 valence electrons. The van der Waals surface area contributed by atoms with Crippen LogP contribution in [0.4, 0.5) is 5.69 Å². The fourth-order valence-electron chi connectivity index (χ4n) is 2.36. The Morgan fingerprint density at radius 2 is 2.00 bits per heavy atom. The smallest absolute Gasteiger partial charge is 0.234 e. The average Bonchev–Trinajstić information content (AvgIpc) is 2.96. The molecule has 0 fully saturated rings. The molecule has 0 aliphatic rings. The standard InChI is InChI=1S/C18H17ClN4OS/c1-12-6-5-7-13(10-12)17-21-22-18(23(17)2)25-11-16(24)20-15-9-4-3-8-14(15)19/h3-10H,11H2,1-2H3,(H,20,24). The highest BCUT2D eigenvalue weighted by molar-refractivity contribution is 7.99. The number of rotatable bonds is 5. The number of carbonyl (C=O) groups is 1. The van der Waals surface area contributed by atoms with Gasteiger partial charge in [0.25, 0.3) is 0 Å². The SMILES string of the molecule is Cc1cccc(-c2nnc(SCC(=O)Nc3ccccc3Cl)n2C)c1. The largest absolute Gasteiger partial charge is 0.324 e. The zero-order valence-corrected chi connectivity index (χ0v) is 15.4. The number of anilines is 1. The maximum atomic E-state index is 12.1. The lowest BCUT2D eigenvalue weighted by atomic mass is 10.1. The number of halogens is 1. The highest BCUT2D eigenvalue weighted by Gasteiger charge is 2.13. The summed E-state index contributed by atoms with van der Waals surface area (Å²) >= 11 is 7.38. The Bertz CT molecular complexity index is 910. The molecule has 0 unspecified atom stereocenters. The van der Waals surface area contributed by atoms with Crippen molar-refractivity contribution in [1.82, 2.24) is 14.8 Å². The zero-order valence-electron chi connectivity index (χ0n) is 13.9. The highest BCUT2D eigenvalue weighted by Crippen LogP contribution is 2.24. The summed E-state index contributed by atoms with van der Waals surface area (Å²) in [5.74, 6) is 0.862. The molecule has 2 aromatic carbocycles. The van der Waals surface area contributed by atoms with E-state index >= 15 is 0 Å². The molecule has 0 bridgehead atoms. The first-order valence-corrected chi connectivity index (χ1v) is 9.04. The van der Waals surface area contributed by atoms with Crippen molar-refractivity contribution in [1.29, 1.82) is 0 Å². The molecule has 0 aliphatic heterocycles. The van der Waals surface area contributed by atoms with E-state index < -0.39 is 0 Å². The van der Waals surface area contributed by atoms with Gasteiger partial charge in [-0.3, -0.25) is 4.79 Å². The van der Waals surface area contributed by atoms with E-state index in [4.69, 9.17) is 11.6 Å². The van der Waals surface area contributed by atoms with Crippen LogP contribution in [0.2, 0.25) is 5.02 Å². The number of aryl methyl sites for hydroxylation is 1. The van der Waals surface area contributed by atoms with E-state index in [1.165, 1.54) is 11.8 Å². The predicted octanol–water partition coefficient (Wildman–Crippen LogP) is 4.17. The van der Waals surface area contributed by atoms with Crippen LogP contribution in [0.5, 0.6) is 0 Å². The summed E-state index contributed by atoms with van der Waals surface area (Å²) in [4.78, 5) is 12.1. The number of amides is 1. The molecule has 0 saturated heterocycles. The summed E-state index contributed by atoms with van der Waals surface area (Å²) in [5.41, 5.74) is 2.77. The van der Waals surface area contributed by atoms with Gasteiger partial charge in [-0.05, 0) is 25.1 Å². The minimum atomic E-state index is -0.141. The molecule has 0 radical (unpaired) electrons. The van der Waals surface area contributed by atoms with E-state index in [1.54, 1.807) is 12.1 Å². The van der Waals surface area contributed by atoms with E-state index in [1.807, 2.05) is 48.9 Å². The summed E-state index contributed by atoms with van der Waals surface area (Å²) in [7, 11) is 1.89. The number of nitrogens with one attached hydrogen (secondary N) is 1. The lowest BCUT2D eigenvalue weighted by Gasteiger charge is -2.07. The molecular weight excluding hydrogens is 356 g/mol. The Kier molecular flexibility index (Phi) is 5.40. The van der Waals surface area contributed by atoms with Crippen molar-refractivity contribution in [3.05, 3.63) is 59.1 Å². The molecule has 7 heteroatoms. The number of benzene rings is 2. The second kappa shape index (κ2) is 7.72. The van der Waals surface area contributed by atoms with Gasteiger partial charge in [0.05, 0.1) is 16.5 Å². The first kappa shape index (κ1) is 17.5. The number of hydrogen-bond acceptors (Lipinski definition) is 4. The first-order chi connectivity index (χ1) is 12.0. The van der Waals surface area contributed by atoms with Crippen LogP contribution in [-0.4, -0.2) is 26.4 Å². The Hall–Kier alpha value is -2.31. The van der Waals surface area contributed by atoms with Gasteiger partial charge in [0, 0.05) is 12.6 Å². The maximum Gasteiger partial charge on any atom is 0.234 e. The van der Waals surface area contributed by atoms with Crippen LogP contribution in [0.15, 0.2) is 53.7 Å². The van der Waals surface area contributed by atoms with Gasteiger partial charge in [-0.25, -0.2) is 0 Å². The van der Waals surface area contributed by atoms with Crippen LogP contribution in [-0.2, 0) is 11.8 Å². The van der Waals surface area contributed by atoms with Crippen LogP contribution in [0.1, 0.15) is 5.56 Å². The third-order valence-electron chi connectivity index (χ3n) is 3.59. The summed E-state index contributed by atoms with van der Waals surface area (Å²) < 4.78 is 1.89. The number of aromatic nitrogens is 3. The van der Waals surface area contributed by atoms with E-state index in [0.29, 0.717) is 15.9 Å². The van der Waals surface area contributed by atoms with Crippen LogP contribution in [0.3, 0.4) is 0 Å². The Morgan fingerprint density at radius 3 is 2.76 bits per heavy atom. The quantitative estimate of drug-likeness (QED) is 0.683. The summed E-state index contributed by atoms with van der Waals surface area (Å²) in [6.07, 6.45) is 0. The van der Waals surface area contributed by atoms with Crippen molar-refractivity contribution < 1.29 is 4.79 Å². The van der Waals surface area contributed by atoms with Crippen LogP contribution < -0.4 is 5.32 Å². The molecule has 0 spiro atoms. The number of thioether (sulfide) groups is 1. The Morgan fingerprint density at radius 1 is 1.20 bits per heavy atom. The lowest BCUT2D eigenvalue weighted by Crippen LogP contribution is -2.14. The van der Waals surface area contributed by atoms with Gasteiger partial charge >= 0.3 is 0 Å². The number of hydrogen-bond donors (Lipinski definition) is 1. The van der Waals surface area contributed by atoms with E-state index in [2.05, 4.69) is 21.6 Å². The molecule has 1 N–H and O–H groups in total. The van der Waals surface area contributed by atoms with E-state index in [0.717, 1.165) is 17.0 Å². The molecule has 3 rings (SSSR count). The zero-order chi connectivity index (χ0) is 17.8. The molecule has 1 heterocycles. The third-order valence-corrected chi connectivity index (χ3v) is 4.94. The lowest BCUT2D eigenvalue weighted by molar-refractivity contribution is -0.113. The summed E-state index contributed by atoms with van der Waals surface area (Å²) in [6, 6.07) is 15.2. The molecule has 25 heavy (non-hydrogen) atoms. The minimum absolute atomic E-state index is 0.141. The summed E-state index contributed by atoms with van der Waals surface area (Å²) in [5, 5.41) is 12.4. The molecule has 1 amide bonds. The van der Waals surface area contributed by atoms with Crippen molar-refractivity contribution in [3.8, 4) is 11.4 Å². The van der Waals surface area contributed by atoms with Gasteiger partial charge in [-0.1, -0.05) is 59.3 Å². The van der Waals surface area contributed by atoms with E-state index in [-0.39, 0.29) is 11.7 Å². The van der Waals surface area contributed by atoms with Gasteiger partial charge in [0.1, 0.15) is 0 Å². The molecule has 1 aromatic heterocycles. The normalized spacial score (nSPS) is 10.7. The molecule has 0 saturated carbocycles. The molecule has 0 atom stereocenters. The number of nitrogens with zero attached hydrogens (tertiary/aromatic N) is 3. The van der Waals surface area contributed by atoms with Gasteiger partial charge in [-0.15, -0.1) is 10.2 Å². The van der Waals surface area contributed by atoms with Crippen molar-refractivity contribution in [2.75, 3.05) is 11.1 Å². The van der Waals surface area contributed by atoms with Gasteiger partial charge in [-0.2, -0.15) is 0 Å². The molecule has 0 aliphatic carbocycles. The van der Waals surface area contributed by atoms with Crippen molar-refractivity contribution in [3.63, 3.8) is 0 Å². The van der Waals surface area contributed by atoms with Gasteiger partial charge < -0.3 is 9.88 Å². The second-order valence-corrected chi connectivity index (χ2v) is 6.90. The van der Waals surface area contributed by atoms with E-state index in [9.17, 15) is 4.79 Å². The van der Waals surface area contributed by atoms with Crippen LogP contribution in [0.25, 0.3) is 11.4 Å². The topological polar surface area (TPSA) is 59.8 Å². The minimum Gasteiger partial charge on any atom is -0.324 e. The molecule has 3 aromatic rings. The molecular formula is C18H17ClN4OS. The maximum absolute atomic E-state index is 12.1. The Balaban J connectivity index is 1.66. The predicted molar refractivity (Wildman–Crippen MR) is 102 cm³/mol. The van der Waals surface area contributed by atoms with Gasteiger partial charge in [0.15, 0.2) is 11.0 Å². The number of carbonyl (C=O) groups excluding carboxylic acids is 1. The third kappa shape index (κ3) is 4.21. The van der Waals surface area contributed by atoms with Crippen molar-refractivity contribution >= 4 is 35.0 Å².